The van der Waals surface area contributed by atoms with E-state index in [1.165, 1.54) is 11.8 Å². The molecule has 0 spiro atoms. The first-order valence-electron chi connectivity index (χ1n) is 8.16. The molecule has 0 saturated heterocycles. The van der Waals surface area contributed by atoms with Crippen LogP contribution < -0.4 is 5.32 Å². The van der Waals surface area contributed by atoms with Gasteiger partial charge in [0.1, 0.15) is 0 Å². The monoisotopic (exact) mass is 383 g/mol. The van der Waals surface area contributed by atoms with Crippen LogP contribution in [0.2, 0.25) is 5.02 Å². The number of nitrogens with one attached hydrogen (secondary N) is 1. The average molecular weight is 384 g/mol. The van der Waals surface area contributed by atoms with Crippen LogP contribution in [0.15, 0.2) is 65.8 Å². The average Bonchev–Trinajstić information content (AvgIpc) is 2.66. The van der Waals surface area contributed by atoms with E-state index in [0.717, 1.165) is 22.5 Å². The Bertz CT molecular complexity index is 903. The van der Waals surface area contributed by atoms with E-state index in [4.69, 9.17) is 11.6 Å². The lowest BCUT2D eigenvalue weighted by Gasteiger charge is -2.08. The molecule has 0 aliphatic carbocycles. The lowest BCUT2D eigenvalue weighted by atomic mass is 10.1. The quantitative estimate of drug-likeness (QED) is 0.502. The molecule has 0 atom stereocenters. The number of aromatic nitrogens is 2. The maximum atomic E-state index is 12.1. The van der Waals surface area contributed by atoms with Gasteiger partial charge in [0.15, 0.2) is 5.16 Å². The number of halogens is 1. The highest BCUT2D eigenvalue weighted by Gasteiger charge is 2.09. The molecule has 1 N–H and O–H groups in total. The number of nitrogens with zero attached hydrogens (tertiary/aromatic N) is 2. The van der Waals surface area contributed by atoms with Gasteiger partial charge in [0.25, 0.3) is 0 Å². The highest BCUT2D eigenvalue weighted by molar-refractivity contribution is 7.99. The molecule has 0 fully saturated rings. The lowest BCUT2D eigenvalue weighted by Crippen LogP contribution is -2.24. The van der Waals surface area contributed by atoms with Gasteiger partial charge in [0.2, 0.25) is 5.91 Å². The second kappa shape index (κ2) is 8.83. The van der Waals surface area contributed by atoms with E-state index in [0.29, 0.717) is 16.7 Å². The van der Waals surface area contributed by atoms with Gasteiger partial charge in [-0.15, -0.1) is 0 Å². The zero-order valence-corrected chi connectivity index (χ0v) is 15.8. The number of carbonyl (C=O) groups excluding carboxylic acids is 1. The highest BCUT2D eigenvalue weighted by atomic mass is 35.5. The predicted octanol–water partition coefficient (Wildman–Crippen LogP) is 4.51. The largest absolute Gasteiger partial charge is 0.351 e. The van der Waals surface area contributed by atoms with Gasteiger partial charge in [-0.3, -0.25) is 4.79 Å². The Hall–Kier alpha value is -2.37. The molecule has 6 heteroatoms. The summed E-state index contributed by atoms with van der Waals surface area (Å²) in [5, 5.41) is 4.11. The van der Waals surface area contributed by atoms with Crippen LogP contribution in [0.3, 0.4) is 0 Å². The highest BCUT2D eigenvalue weighted by Crippen LogP contribution is 2.21. The van der Waals surface area contributed by atoms with Crippen molar-refractivity contribution in [2.45, 2.75) is 18.6 Å². The molecule has 1 amide bonds. The van der Waals surface area contributed by atoms with Gasteiger partial charge in [-0.1, -0.05) is 71.9 Å². The minimum atomic E-state index is -0.0821. The Morgan fingerprint density at radius 1 is 1.08 bits per heavy atom. The van der Waals surface area contributed by atoms with Crippen molar-refractivity contribution >= 4 is 29.3 Å². The molecule has 0 unspecified atom stereocenters. The molecule has 4 nitrogen and oxygen atoms in total. The van der Waals surface area contributed by atoms with E-state index >= 15 is 0 Å². The van der Waals surface area contributed by atoms with Crippen molar-refractivity contribution in [1.82, 2.24) is 15.3 Å². The minimum absolute atomic E-state index is 0.0821. The summed E-state index contributed by atoms with van der Waals surface area (Å²) in [6.45, 7) is 2.33. The van der Waals surface area contributed by atoms with Crippen LogP contribution in [0, 0.1) is 6.92 Å². The molecule has 2 aromatic carbocycles. The van der Waals surface area contributed by atoms with Crippen LogP contribution in [0.4, 0.5) is 0 Å². The fourth-order valence-electron chi connectivity index (χ4n) is 2.38. The third kappa shape index (κ3) is 5.07. The van der Waals surface area contributed by atoms with Gasteiger partial charge in [0, 0.05) is 22.8 Å². The minimum Gasteiger partial charge on any atom is -0.351 e. The van der Waals surface area contributed by atoms with Gasteiger partial charge in [-0.25, -0.2) is 9.97 Å². The van der Waals surface area contributed by atoms with E-state index in [-0.39, 0.29) is 11.7 Å². The van der Waals surface area contributed by atoms with Crippen LogP contribution in [-0.4, -0.2) is 21.6 Å². The first kappa shape index (κ1) is 18.4. The zero-order valence-electron chi connectivity index (χ0n) is 14.3. The molecular formula is C20H18ClN3OS. The molecular weight excluding hydrogens is 366 g/mol. The van der Waals surface area contributed by atoms with Crippen molar-refractivity contribution in [2.24, 2.45) is 0 Å². The Morgan fingerprint density at radius 3 is 2.58 bits per heavy atom. The van der Waals surface area contributed by atoms with E-state index < -0.39 is 0 Å². The summed E-state index contributed by atoms with van der Waals surface area (Å²) in [5.74, 6) is 0.170. The second-order valence-corrected chi connectivity index (χ2v) is 7.05. The van der Waals surface area contributed by atoms with Crippen molar-refractivity contribution < 1.29 is 4.79 Å². The topological polar surface area (TPSA) is 54.9 Å². The molecule has 0 aliphatic rings. The van der Waals surface area contributed by atoms with Gasteiger partial charge >= 0.3 is 0 Å². The maximum absolute atomic E-state index is 12.1. The fourth-order valence-corrected chi connectivity index (χ4v) is 3.32. The number of hydrogen-bond acceptors (Lipinski definition) is 4. The number of aryl methyl sites for hydroxylation is 1. The summed E-state index contributed by atoms with van der Waals surface area (Å²) in [6.07, 6.45) is 0. The number of thioether (sulfide) groups is 1. The molecule has 0 bridgehead atoms. The van der Waals surface area contributed by atoms with E-state index in [9.17, 15) is 4.79 Å². The third-order valence-electron chi connectivity index (χ3n) is 3.67. The smallest absolute Gasteiger partial charge is 0.230 e. The van der Waals surface area contributed by atoms with Crippen molar-refractivity contribution in [1.29, 1.82) is 0 Å². The summed E-state index contributed by atoms with van der Waals surface area (Å²) in [5.41, 5.74) is 3.66. The summed E-state index contributed by atoms with van der Waals surface area (Å²) < 4.78 is 0. The van der Waals surface area contributed by atoms with Crippen LogP contribution in [-0.2, 0) is 11.3 Å². The molecule has 132 valence electrons. The van der Waals surface area contributed by atoms with Gasteiger partial charge < -0.3 is 5.32 Å². The molecule has 1 heterocycles. The number of benzene rings is 2. The Morgan fingerprint density at radius 2 is 1.81 bits per heavy atom. The Balaban J connectivity index is 1.60. The summed E-state index contributed by atoms with van der Waals surface area (Å²) in [6, 6.07) is 19.3. The molecule has 0 radical (unpaired) electrons. The van der Waals surface area contributed by atoms with Crippen molar-refractivity contribution in [3.63, 3.8) is 0 Å². The van der Waals surface area contributed by atoms with E-state index in [2.05, 4.69) is 15.3 Å². The second-order valence-electron chi connectivity index (χ2n) is 5.70. The van der Waals surface area contributed by atoms with E-state index in [1.54, 1.807) is 0 Å². The standard InChI is InChI=1S/C20H18ClN3OS/c1-14-11-18(15-7-3-2-4-8-15)24-20(23-14)26-13-19(25)22-12-16-9-5-6-10-17(16)21/h2-11H,12-13H2,1H3,(H,22,25). The molecule has 1 aromatic heterocycles. The fraction of sp³-hybridized carbons (Fsp3) is 0.150. The summed E-state index contributed by atoms with van der Waals surface area (Å²) in [7, 11) is 0. The van der Waals surface area contributed by atoms with E-state index in [1.807, 2.05) is 67.6 Å². The Labute approximate surface area is 162 Å². The zero-order chi connectivity index (χ0) is 18.4. The summed E-state index contributed by atoms with van der Waals surface area (Å²) in [4.78, 5) is 21.1. The predicted molar refractivity (Wildman–Crippen MR) is 106 cm³/mol. The van der Waals surface area contributed by atoms with Crippen molar-refractivity contribution in [2.75, 3.05) is 5.75 Å². The Kier molecular flexibility index (Phi) is 6.26. The number of hydrogen-bond donors (Lipinski definition) is 1. The molecule has 3 rings (SSSR count). The SMILES string of the molecule is Cc1cc(-c2ccccc2)nc(SCC(=O)NCc2ccccc2Cl)n1. The van der Waals surface area contributed by atoms with Crippen LogP contribution in [0.1, 0.15) is 11.3 Å². The van der Waals surface area contributed by atoms with Gasteiger partial charge in [-0.05, 0) is 24.6 Å². The molecule has 0 aliphatic heterocycles. The van der Waals surface area contributed by atoms with Crippen LogP contribution in [0.5, 0.6) is 0 Å². The molecule has 0 saturated carbocycles. The van der Waals surface area contributed by atoms with Gasteiger partial charge in [0.05, 0.1) is 11.4 Å². The lowest BCUT2D eigenvalue weighted by molar-refractivity contribution is -0.118. The number of rotatable bonds is 6. The van der Waals surface area contributed by atoms with Gasteiger partial charge in [-0.2, -0.15) is 0 Å². The molecule has 26 heavy (non-hydrogen) atoms. The first-order chi connectivity index (χ1) is 12.6. The number of carbonyl (C=O) groups is 1. The van der Waals surface area contributed by atoms with Crippen LogP contribution >= 0.6 is 23.4 Å². The molecule has 3 aromatic rings. The normalized spacial score (nSPS) is 10.5. The first-order valence-corrected chi connectivity index (χ1v) is 9.52. The third-order valence-corrected chi connectivity index (χ3v) is 4.89. The van der Waals surface area contributed by atoms with Crippen molar-refractivity contribution in [3.05, 3.63) is 76.9 Å². The number of amides is 1. The van der Waals surface area contributed by atoms with Crippen molar-refractivity contribution in [3.8, 4) is 11.3 Å². The van der Waals surface area contributed by atoms with Crippen LogP contribution in [0.25, 0.3) is 11.3 Å². The maximum Gasteiger partial charge on any atom is 0.230 e. The summed E-state index contributed by atoms with van der Waals surface area (Å²) >= 11 is 7.42.